The number of pyridine rings is 1. The Morgan fingerprint density at radius 1 is 1.35 bits per heavy atom. The molecule has 0 fully saturated rings. The molecule has 0 N–H and O–H groups in total. The zero-order chi connectivity index (χ0) is 15.0. The second-order valence-corrected chi connectivity index (χ2v) is 4.00. The first-order valence-electron chi connectivity index (χ1n) is 6.57. The maximum absolute atomic E-state index is 11.9. The number of hydrogen-bond acceptors (Lipinski definition) is 6. The summed E-state index contributed by atoms with van der Waals surface area (Å²) in [6, 6.07) is 3.35. The van der Waals surface area contributed by atoms with Crippen molar-refractivity contribution in [2.75, 3.05) is 31.7 Å². The number of rotatable bonds is 7. The van der Waals surface area contributed by atoms with Gasteiger partial charge < -0.3 is 14.4 Å². The molecular weight excluding hydrogens is 260 g/mol. The van der Waals surface area contributed by atoms with Gasteiger partial charge in [0.1, 0.15) is 11.4 Å². The van der Waals surface area contributed by atoms with E-state index >= 15 is 0 Å². The normalized spacial score (nSPS) is 9.95. The number of methoxy groups -OCH3 is 1. The van der Waals surface area contributed by atoms with Crippen molar-refractivity contribution >= 4 is 17.8 Å². The smallest absolute Gasteiger partial charge is 0.341 e. The first kappa shape index (κ1) is 15.9. The SMILES string of the molecule is CCOC(=O)c1cccnc1N(CC)CCC(=O)OC. The molecule has 0 saturated carbocycles. The minimum Gasteiger partial charge on any atom is -0.469 e. The lowest BCUT2D eigenvalue weighted by molar-refractivity contribution is -0.140. The topological polar surface area (TPSA) is 68.7 Å². The Labute approximate surface area is 118 Å². The minimum absolute atomic E-state index is 0.239. The molecule has 0 amide bonds. The molecule has 110 valence electrons. The molecule has 0 spiro atoms. The van der Waals surface area contributed by atoms with Crippen LogP contribution in [0.1, 0.15) is 30.6 Å². The van der Waals surface area contributed by atoms with Crippen LogP contribution in [0.15, 0.2) is 18.3 Å². The van der Waals surface area contributed by atoms with Crippen LogP contribution in [0.5, 0.6) is 0 Å². The first-order valence-corrected chi connectivity index (χ1v) is 6.57. The third-order valence-corrected chi connectivity index (χ3v) is 2.78. The molecule has 6 nitrogen and oxygen atoms in total. The molecule has 1 heterocycles. The lowest BCUT2D eigenvalue weighted by atomic mass is 10.2. The fraction of sp³-hybridized carbons (Fsp3) is 0.500. The van der Waals surface area contributed by atoms with E-state index in [1.807, 2.05) is 11.8 Å². The highest BCUT2D eigenvalue weighted by atomic mass is 16.5. The summed E-state index contributed by atoms with van der Waals surface area (Å²) in [5, 5.41) is 0. The van der Waals surface area contributed by atoms with Crippen LogP contribution < -0.4 is 4.90 Å². The zero-order valence-electron chi connectivity index (χ0n) is 12.1. The van der Waals surface area contributed by atoms with Crippen molar-refractivity contribution in [1.82, 2.24) is 4.98 Å². The summed E-state index contributed by atoms with van der Waals surface area (Å²) in [5.74, 6) is -0.179. The molecule has 0 aliphatic rings. The molecule has 0 aliphatic heterocycles. The van der Waals surface area contributed by atoms with Crippen molar-refractivity contribution in [3.63, 3.8) is 0 Å². The maximum Gasteiger partial charge on any atom is 0.341 e. The highest BCUT2D eigenvalue weighted by Crippen LogP contribution is 2.18. The van der Waals surface area contributed by atoms with E-state index in [2.05, 4.69) is 9.72 Å². The monoisotopic (exact) mass is 280 g/mol. The summed E-state index contributed by atoms with van der Waals surface area (Å²) in [7, 11) is 1.35. The second-order valence-electron chi connectivity index (χ2n) is 4.00. The Morgan fingerprint density at radius 2 is 2.10 bits per heavy atom. The van der Waals surface area contributed by atoms with Gasteiger partial charge in [-0.15, -0.1) is 0 Å². The lowest BCUT2D eigenvalue weighted by Gasteiger charge is -2.23. The molecule has 0 radical (unpaired) electrons. The van der Waals surface area contributed by atoms with Crippen molar-refractivity contribution in [2.24, 2.45) is 0 Å². The highest BCUT2D eigenvalue weighted by Gasteiger charge is 2.18. The molecule has 0 unspecified atom stereocenters. The summed E-state index contributed by atoms with van der Waals surface area (Å²) in [4.78, 5) is 29.2. The van der Waals surface area contributed by atoms with Crippen LogP contribution in [0.2, 0.25) is 0 Å². The van der Waals surface area contributed by atoms with Crippen molar-refractivity contribution in [1.29, 1.82) is 0 Å². The average Bonchev–Trinajstić information content (AvgIpc) is 2.48. The predicted octanol–water partition coefficient (Wildman–Crippen LogP) is 1.65. The van der Waals surface area contributed by atoms with Gasteiger partial charge in [-0.1, -0.05) is 0 Å². The summed E-state index contributed by atoms with van der Waals surface area (Å²) >= 11 is 0. The van der Waals surface area contributed by atoms with E-state index in [-0.39, 0.29) is 12.4 Å². The summed E-state index contributed by atoms with van der Waals surface area (Å²) < 4.78 is 9.63. The summed E-state index contributed by atoms with van der Waals surface area (Å²) in [6.45, 7) is 5.05. The Balaban J connectivity index is 2.91. The number of anilines is 1. The molecule has 20 heavy (non-hydrogen) atoms. The maximum atomic E-state index is 11.9. The number of hydrogen-bond donors (Lipinski definition) is 0. The third kappa shape index (κ3) is 4.22. The van der Waals surface area contributed by atoms with Gasteiger partial charge in [-0.3, -0.25) is 4.79 Å². The van der Waals surface area contributed by atoms with Gasteiger partial charge in [0, 0.05) is 19.3 Å². The largest absolute Gasteiger partial charge is 0.469 e. The van der Waals surface area contributed by atoms with Gasteiger partial charge in [0.25, 0.3) is 0 Å². The van der Waals surface area contributed by atoms with Crippen LogP contribution in [0.25, 0.3) is 0 Å². The van der Waals surface area contributed by atoms with Gasteiger partial charge in [0.05, 0.1) is 20.1 Å². The van der Waals surface area contributed by atoms with E-state index in [9.17, 15) is 9.59 Å². The Bertz CT molecular complexity index is 462. The number of carbonyl (C=O) groups excluding carboxylic acids is 2. The average molecular weight is 280 g/mol. The van der Waals surface area contributed by atoms with Crippen LogP contribution in [-0.4, -0.2) is 43.7 Å². The van der Waals surface area contributed by atoms with E-state index < -0.39 is 5.97 Å². The molecule has 0 aliphatic carbocycles. The Hall–Kier alpha value is -2.11. The Morgan fingerprint density at radius 3 is 2.70 bits per heavy atom. The Kier molecular flexibility index (Phi) is 6.49. The molecule has 0 bridgehead atoms. The molecule has 1 aromatic rings. The predicted molar refractivity (Wildman–Crippen MR) is 74.7 cm³/mol. The quantitative estimate of drug-likeness (QED) is 0.707. The molecule has 0 saturated heterocycles. The number of esters is 2. The first-order chi connectivity index (χ1) is 9.63. The summed E-state index contributed by atoms with van der Waals surface area (Å²) in [6.07, 6.45) is 1.85. The highest BCUT2D eigenvalue weighted by molar-refractivity contribution is 5.94. The van der Waals surface area contributed by atoms with E-state index in [0.717, 1.165) is 0 Å². The van der Waals surface area contributed by atoms with Crippen LogP contribution in [0, 0.1) is 0 Å². The minimum atomic E-state index is -0.410. The van der Waals surface area contributed by atoms with Crippen LogP contribution in [0.4, 0.5) is 5.82 Å². The third-order valence-electron chi connectivity index (χ3n) is 2.78. The van der Waals surface area contributed by atoms with Crippen LogP contribution in [0.3, 0.4) is 0 Å². The second kappa shape index (κ2) is 8.14. The van der Waals surface area contributed by atoms with E-state index in [0.29, 0.717) is 31.1 Å². The van der Waals surface area contributed by atoms with Crippen molar-refractivity contribution in [3.05, 3.63) is 23.9 Å². The number of nitrogens with zero attached hydrogens (tertiary/aromatic N) is 2. The van der Waals surface area contributed by atoms with E-state index in [1.54, 1.807) is 25.3 Å². The van der Waals surface area contributed by atoms with Crippen LogP contribution >= 0.6 is 0 Å². The van der Waals surface area contributed by atoms with E-state index in [4.69, 9.17) is 4.74 Å². The van der Waals surface area contributed by atoms with Gasteiger partial charge in [-0.2, -0.15) is 0 Å². The van der Waals surface area contributed by atoms with Gasteiger partial charge in [-0.25, -0.2) is 9.78 Å². The molecule has 6 heteroatoms. The van der Waals surface area contributed by atoms with Crippen molar-refractivity contribution < 1.29 is 19.1 Å². The summed E-state index contributed by atoms with van der Waals surface area (Å²) in [5.41, 5.74) is 0.404. The van der Waals surface area contributed by atoms with Gasteiger partial charge in [0.15, 0.2) is 0 Å². The zero-order valence-corrected chi connectivity index (χ0v) is 12.1. The van der Waals surface area contributed by atoms with E-state index in [1.165, 1.54) is 7.11 Å². The standard InChI is InChI=1S/C14H20N2O4/c1-4-16(10-8-12(17)19-3)13-11(7-6-9-15-13)14(18)20-5-2/h6-7,9H,4-5,8,10H2,1-3H3. The number of aromatic nitrogens is 1. The molecule has 1 rings (SSSR count). The molecule has 0 atom stereocenters. The van der Waals surface area contributed by atoms with Gasteiger partial charge in [0.2, 0.25) is 0 Å². The van der Waals surface area contributed by atoms with Crippen LogP contribution in [-0.2, 0) is 14.3 Å². The number of carbonyl (C=O) groups is 2. The van der Waals surface area contributed by atoms with Gasteiger partial charge >= 0.3 is 11.9 Å². The fourth-order valence-electron chi connectivity index (χ4n) is 1.76. The fourth-order valence-corrected chi connectivity index (χ4v) is 1.76. The van der Waals surface area contributed by atoms with Crippen molar-refractivity contribution in [2.45, 2.75) is 20.3 Å². The lowest BCUT2D eigenvalue weighted by Crippen LogP contribution is -2.29. The molecular formula is C14H20N2O4. The molecule has 1 aromatic heterocycles. The van der Waals surface area contributed by atoms with Gasteiger partial charge in [-0.05, 0) is 26.0 Å². The number of ether oxygens (including phenoxy) is 2. The molecule has 0 aromatic carbocycles. The van der Waals surface area contributed by atoms with Crippen molar-refractivity contribution in [3.8, 4) is 0 Å².